The molecule has 20 heavy (non-hydrogen) atoms. The maximum absolute atomic E-state index is 11.9. The Morgan fingerprint density at radius 3 is 2.85 bits per heavy atom. The van der Waals surface area contributed by atoms with E-state index in [9.17, 15) is 4.79 Å². The van der Waals surface area contributed by atoms with E-state index in [1.54, 1.807) is 30.6 Å². The van der Waals surface area contributed by atoms with Gasteiger partial charge in [-0.05, 0) is 30.7 Å². The Kier molecular flexibility index (Phi) is 5.00. The van der Waals surface area contributed by atoms with E-state index in [1.165, 1.54) is 0 Å². The second kappa shape index (κ2) is 7.18. The average Bonchev–Trinajstić information content (AvgIpc) is 2.52. The van der Waals surface area contributed by atoms with Gasteiger partial charge in [0.1, 0.15) is 5.82 Å². The van der Waals surface area contributed by atoms with Crippen molar-refractivity contribution in [3.05, 3.63) is 47.9 Å². The molecule has 0 saturated carbocycles. The highest BCUT2D eigenvalue weighted by Gasteiger charge is 2.06. The third kappa shape index (κ3) is 4.01. The van der Waals surface area contributed by atoms with Crippen molar-refractivity contribution in [2.45, 2.75) is 19.9 Å². The number of rotatable bonds is 6. The van der Waals surface area contributed by atoms with Gasteiger partial charge < -0.3 is 10.6 Å². The summed E-state index contributed by atoms with van der Waals surface area (Å²) in [5.74, 6) is 0.600. The SMILES string of the molecule is CCCNc1ccc(C(=O)NCc2cccnn2)cn1. The van der Waals surface area contributed by atoms with E-state index in [4.69, 9.17) is 0 Å². The van der Waals surface area contributed by atoms with Crippen molar-refractivity contribution in [3.63, 3.8) is 0 Å². The maximum Gasteiger partial charge on any atom is 0.253 e. The molecule has 0 bridgehead atoms. The maximum atomic E-state index is 11.9. The summed E-state index contributed by atoms with van der Waals surface area (Å²) in [5, 5.41) is 13.6. The molecule has 0 aromatic carbocycles. The summed E-state index contributed by atoms with van der Waals surface area (Å²) in [6.45, 7) is 3.30. The Labute approximate surface area is 117 Å². The summed E-state index contributed by atoms with van der Waals surface area (Å²) >= 11 is 0. The van der Waals surface area contributed by atoms with Gasteiger partial charge >= 0.3 is 0 Å². The summed E-state index contributed by atoms with van der Waals surface area (Å²) in [5.41, 5.74) is 1.24. The first-order valence-corrected chi connectivity index (χ1v) is 6.54. The van der Waals surface area contributed by atoms with E-state index >= 15 is 0 Å². The van der Waals surface area contributed by atoms with Gasteiger partial charge in [0, 0.05) is 18.9 Å². The number of hydrogen-bond acceptors (Lipinski definition) is 5. The van der Waals surface area contributed by atoms with Crippen LogP contribution in [0.5, 0.6) is 0 Å². The highest BCUT2D eigenvalue weighted by atomic mass is 16.1. The van der Waals surface area contributed by atoms with Crippen molar-refractivity contribution in [1.82, 2.24) is 20.5 Å². The van der Waals surface area contributed by atoms with Crippen molar-refractivity contribution in [2.24, 2.45) is 0 Å². The molecule has 0 aliphatic heterocycles. The molecule has 2 aromatic heterocycles. The van der Waals surface area contributed by atoms with Crippen LogP contribution in [0, 0.1) is 0 Å². The number of pyridine rings is 1. The lowest BCUT2D eigenvalue weighted by molar-refractivity contribution is 0.0950. The van der Waals surface area contributed by atoms with Crippen LogP contribution in [0.1, 0.15) is 29.4 Å². The fraction of sp³-hybridized carbons (Fsp3) is 0.286. The summed E-state index contributed by atoms with van der Waals surface area (Å²) in [7, 11) is 0. The molecule has 0 spiro atoms. The molecule has 1 amide bonds. The van der Waals surface area contributed by atoms with Crippen LogP contribution in [0.2, 0.25) is 0 Å². The van der Waals surface area contributed by atoms with E-state index in [0.29, 0.717) is 12.1 Å². The second-order valence-electron chi connectivity index (χ2n) is 4.26. The number of carbonyl (C=O) groups is 1. The molecular weight excluding hydrogens is 254 g/mol. The van der Waals surface area contributed by atoms with Gasteiger partial charge in [0.05, 0.1) is 17.8 Å². The Morgan fingerprint density at radius 2 is 2.20 bits per heavy atom. The molecule has 0 unspecified atom stereocenters. The van der Waals surface area contributed by atoms with Gasteiger partial charge in [-0.2, -0.15) is 10.2 Å². The van der Waals surface area contributed by atoms with Gasteiger partial charge in [0.25, 0.3) is 5.91 Å². The molecule has 2 N–H and O–H groups in total. The third-order valence-corrected chi connectivity index (χ3v) is 2.64. The predicted octanol–water partition coefficient (Wildman–Crippen LogP) is 1.62. The number of nitrogens with one attached hydrogen (secondary N) is 2. The van der Waals surface area contributed by atoms with E-state index in [1.807, 2.05) is 6.07 Å². The number of anilines is 1. The summed E-state index contributed by atoms with van der Waals surface area (Å²) in [6.07, 6.45) is 4.18. The zero-order valence-corrected chi connectivity index (χ0v) is 11.3. The molecule has 0 fully saturated rings. The van der Waals surface area contributed by atoms with Gasteiger partial charge in [-0.25, -0.2) is 4.98 Å². The van der Waals surface area contributed by atoms with Crippen LogP contribution in [0.15, 0.2) is 36.7 Å². The van der Waals surface area contributed by atoms with Crippen LogP contribution in [-0.2, 0) is 6.54 Å². The monoisotopic (exact) mass is 271 g/mol. The predicted molar refractivity (Wildman–Crippen MR) is 76.2 cm³/mol. The van der Waals surface area contributed by atoms with E-state index in [0.717, 1.165) is 24.5 Å². The fourth-order valence-corrected chi connectivity index (χ4v) is 1.59. The number of carbonyl (C=O) groups excluding carboxylic acids is 1. The molecule has 104 valence electrons. The number of amides is 1. The molecule has 2 heterocycles. The molecule has 0 aliphatic rings. The van der Waals surface area contributed by atoms with Crippen LogP contribution in [-0.4, -0.2) is 27.6 Å². The Balaban J connectivity index is 1.89. The molecule has 0 radical (unpaired) electrons. The first kappa shape index (κ1) is 13.9. The van der Waals surface area contributed by atoms with Crippen molar-refractivity contribution in [3.8, 4) is 0 Å². The standard InChI is InChI=1S/C14H17N5O/c1-2-7-15-13-6-5-11(9-16-13)14(20)17-10-12-4-3-8-18-19-12/h3-6,8-9H,2,7,10H2,1H3,(H,15,16)(H,17,20). The van der Waals surface area contributed by atoms with Crippen molar-refractivity contribution < 1.29 is 4.79 Å². The Hall–Kier alpha value is -2.50. The summed E-state index contributed by atoms with van der Waals surface area (Å²) in [6, 6.07) is 7.14. The van der Waals surface area contributed by atoms with Crippen molar-refractivity contribution in [1.29, 1.82) is 0 Å². The minimum atomic E-state index is -0.176. The quantitative estimate of drug-likeness (QED) is 0.834. The largest absolute Gasteiger partial charge is 0.370 e. The highest BCUT2D eigenvalue weighted by molar-refractivity contribution is 5.93. The van der Waals surface area contributed by atoms with E-state index < -0.39 is 0 Å². The van der Waals surface area contributed by atoms with Crippen molar-refractivity contribution >= 4 is 11.7 Å². The van der Waals surface area contributed by atoms with Gasteiger partial charge in [-0.3, -0.25) is 4.79 Å². The van der Waals surface area contributed by atoms with Crippen LogP contribution < -0.4 is 10.6 Å². The summed E-state index contributed by atoms with van der Waals surface area (Å²) in [4.78, 5) is 16.1. The topological polar surface area (TPSA) is 79.8 Å². The molecule has 0 aliphatic carbocycles. The van der Waals surface area contributed by atoms with Gasteiger partial charge in [0.2, 0.25) is 0 Å². The normalized spacial score (nSPS) is 10.1. The average molecular weight is 271 g/mol. The smallest absolute Gasteiger partial charge is 0.253 e. The fourth-order valence-electron chi connectivity index (χ4n) is 1.59. The lowest BCUT2D eigenvalue weighted by Crippen LogP contribution is -2.23. The molecule has 0 atom stereocenters. The first-order chi connectivity index (χ1) is 9.79. The minimum absolute atomic E-state index is 0.176. The van der Waals surface area contributed by atoms with Crippen molar-refractivity contribution in [2.75, 3.05) is 11.9 Å². The Bertz CT molecular complexity index is 541. The molecule has 2 aromatic rings. The number of nitrogens with zero attached hydrogens (tertiary/aromatic N) is 3. The Morgan fingerprint density at radius 1 is 1.30 bits per heavy atom. The van der Waals surface area contributed by atoms with Crippen LogP contribution in [0.4, 0.5) is 5.82 Å². The van der Waals surface area contributed by atoms with E-state index in [2.05, 4.69) is 32.7 Å². The molecule has 2 rings (SSSR count). The van der Waals surface area contributed by atoms with E-state index in [-0.39, 0.29) is 5.91 Å². The second-order valence-corrected chi connectivity index (χ2v) is 4.26. The molecule has 0 saturated heterocycles. The molecule has 6 nitrogen and oxygen atoms in total. The molecule has 6 heteroatoms. The minimum Gasteiger partial charge on any atom is -0.370 e. The van der Waals surface area contributed by atoms with Crippen LogP contribution >= 0.6 is 0 Å². The zero-order valence-electron chi connectivity index (χ0n) is 11.3. The van der Waals surface area contributed by atoms with Gasteiger partial charge in [-0.1, -0.05) is 6.92 Å². The lowest BCUT2D eigenvalue weighted by atomic mass is 10.2. The number of hydrogen-bond donors (Lipinski definition) is 2. The van der Waals surface area contributed by atoms with Gasteiger partial charge in [0.15, 0.2) is 0 Å². The highest BCUT2D eigenvalue weighted by Crippen LogP contribution is 2.05. The van der Waals surface area contributed by atoms with Crippen LogP contribution in [0.3, 0.4) is 0 Å². The number of aromatic nitrogens is 3. The van der Waals surface area contributed by atoms with Gasteiger partial charge in [-0.15, -0.1) is 0 Å². The summed E-state index contributed by atoms with van der Waals surface area (Å²) < 4.78 is 0. The lowest BCUT2D eigenvalue weighted by Gasteiger charge is -2.06. The first-order valence-electron chi connectivity index (χ1n) is 6.54. The zero-order chi connectivity index (χ0) is 14.2. The van der Waals surface area contributed by atoms with Crippen LogP contribution in [0.25, 0.3) is 0 Å². The molecular formula is C14H17N5O. The third-order valence-electron chi connectivity index (χ3n) is 2.64.